The molecule has 0 bridgehead atoms. The van der Waals surface area contributed by atoms with Crippen LogP contribution in [0.15, 0.2) is 30.3 Å². The molecular formula is C15H23NO2. The first kappa shape index (κ1) is 14.7. The number of hydrogen-bond donors (Lipinski definition) is 1. The Labute approximate surface area is 110 Å². The van der Waals surface area contributed by atoms with E-state index in [1.165, 1.54) is 5.56 Å². The van der Waals surface area contributed by atoms with Gasteiger partial charge in [0.1, 0.15) is 0 Å². The maximum atomic E-state index is 11.2. The van der Waals surface area contributed by atoms with E-state index < -0.39 is 0 Å². The quantitative estimate of drug-likeness (QED) is 0.568. The van der Waals surface area contributed by atoms with E-state index in [9.17, 15) is 4.79 Å². The molecule has 0 aliphatic carbocycles. The Bertz CT molecular complexity index is 338. The van der Waals surface area contributed by atoms with E-state index in [0.29, 0.717) is 13.0 Å². The molecule has 0 spiro atoms. The molecule has 0 amide bonds. The Hall–Kier alpha value is -1.35. The average molecular weight is 249 g/mol. The van der Waals surface area contributed by atoms with Crippen LogP contribution in [0.1, 0.15) is 32.3 Å². The second-order valence-corrected chi connectivity index (χ2v) is 4.45. The van der Waals surface area contributed by atoms with Crippen molar-refractivity contribution < 1.29 is 9.53 Å². The molecule has 3 nitrogen and oxygen atoms in total. The first-order valence-corrected chi connectivity index (χ1v) is 6.65. The second kappa shape index (κ2) is 8.70. The van der Waals surface area contributed by atoms with Gasteiger partial charge in [-0.05, 0) is 38.8 Å². The van der Waals surface area contributed by atoms with E-state index in [1.807, 2.05) is 19.9 Å². The Balaban J connectivity index is 2.09. The number of ether oxygens (including phenoxy) is 1. The second-order valence-electron chi connectivity index (χ2n) is 4.45. The van der Waals surface area contributed by atoms with E-state index in [-0.39, 0.29) is 12.0 Å². The summed E-state index contributed by atoms with van der Waals surface area (Å²) < 4.78 is 4.91. The molecule has 1 N–H and O–H groups in total. The van der Waals surface area contributed by atoms with Crippen molar-refractivity contribution in [2.75, 3.05) is 13.2 Å². The molecule has 1 aromatic carbocycles. The van der Waals surface area contributed by atoms with Crippen molar-refractivity contribution in [1.29, 1.82) is 0 Å². The lowest BCUT2D eigenvalue weighted by atomic mass is 10.1. The van der Waals surface area contributed by atoms with E-state index in [1.54, 1.807) is 0 Å². The summed E-state index contributed by atoms with van der Waals surface area (Å²) in [5, 5.41) is 3.34. The number of carbonyl (C=O) groups is 1. The molecule has 0 saturated carbocycles. The molecule has 3 heteroatoms. The smallest absolute Gasteiger partial charge is 0.307 e. The topological polar surface area (TPSA) is 38.3 Å². The van der Waals surface area contributed by atoms with Crippen molar-refractivity contribution in [1.82, 2.24) is 5.32 Å². The van der Waals surface area contributed by atoms with Crippen LogP contribution in [0.4, 0.5) is 0 Å². The van der Waals surface area contributed by atoms with Gasteiger partial charge in [0.25, 0.3) is 0 Å². The minimum atomic E-state index is -0.124. The molecule has 0 saturated heterocycles. The van der Waals surface area contributed by atoms with Crippen LogP contribution in [-0.2, 0) is 16.0 Å². The summed E-state index contributed by atoms with van der Waals surface area (Å²) in [4.78, 5) is 11.2. The lowest BCUT2D eigenvalue weighted by Gasteiger charge is -2.12. The number of nitrogens with one attached hydrogen (secondary N) is 1. The van der Waals surface area contributed by atoms with E-state index in [0.717, 1.165) is 19.4 Å². The highest BCUT2D eigenvalue weighted by Crippen LogP contribution is 2.02. The third-order valence-electron chi connectivity index (χ3n) is 2.76. The normalized spacial score (nSPS) is 12.1. The van der Waals surface area contributed by atoms with Gasteiger partial charge in [0.2, 0.25) is 0 Å². The van der Waals surface area contributed by atoms with Crippen LogP contribution in [0, 0.1) is 0 Å². The van der Waals surface area contributed by atoms with Gasteiger partial charge in [0.05, 0.1) is 13.0 Å². The van der Waals surface area contributed by atoms with Crippen LogP contribution < -0.4 is 5.32 Å². The molecule has 0 aromatic heterocycles. The highest BCUT2D eigenvalue weighted by Gasteiger charge is 2.08. The third kappa shape index (κ3) is 6.40. The summed E-state index contributed by atoms with van der Waals surface area (Å²) in [6, 6.07) is 10.6. The Morgan fingerprint density at radius 3 is 2.72 bits per heavy atom. The van der Waals surface area contributed by atoms with Crippen molar-refractivity contribution in [3.8, 4) is 0 Å². The van der Waals surface area contributed by atoms with Crippen LogP contribution in [0.25, 0.3) is 0 Å². The van der Waals surface area contributed by atoms with E-state index in [2.05, 4.69) is 29.6 Å². The summed E-state index contributed by atoms with van der Waals surface area (Å²) in [6.07, 6.45) is 2.59. The monoisotopic (exact) mass is 249 g/mol. The maximum Gasteiger partial charge on any atom is 0.307 e. The predicted octanol–water partition coefficient (Wildman–Crippen LogP) is 2.55. The molecule has 1 aromatic rings. The number of esters is 1. The average Bonchev–Trinajstić information content (AvgIpc) is 2.36. The lowest BCUT2D eigenvalue weighted by molar-refractivity contribution is -0.143. The SMILES string of the molecule is CCOC(=O)CC(C)NCCCc1ccccc1. The zero-order chi connectivity index (χ0) is 13.2. The van der Waals surface area contributed by atoms with Crippen molar-refractivity contribution in [3.05, 3.63) is 35.9 Å². The van der Waals surface area contributed by atoms with Crippen LogP contribution in [0.3, 0.4) is 0 Å². The number of hydrogen-bond acceptors (Lipinski definition) is 3. The fourth-order valence-electron chi connectivity index (χ4n) is 1.83. The maximum absolute atomic E-state index is 11.2. The molecule has 100 valence electrons. The largest absolute Gasteiger partial charge is 0.466 e. The van der Waals surface area contributed by atoms with Crippen LogP contribution in [0.2, 0.25) is 0 Å². The molecule has 0 fully saturated rings. The van der Waals surface area contributed by atoms with Crippen LogP contribution >= 0.6 is 0 Å². The fraction of sp³-hybridized carbons (Fsp3) is 0.533. The van der Waals surface area contributed by atoms with Crippen molar-refractivity contribution >= 4 is 5.97 Å². The van der Waals surface area contributed by atoms with Gasteiger partial charge in [0, 0.05) is 6.04 Å². The highest BCUT2D eigenvalue weighted by molar-refractivity contribution is 5.69. The highest BCUT2D eigenvalue weighted by atomic mass is 16.5. The minimum absolute atomic E-state index is 0.124. The molecular weight excluding hydrogens is 226 g/mol. The molecule has 0 heterocycles. The predicted molar refractivity (Wildman–Crippen MR) is 73.5 cm³/mol. The Kier molecular flexibility index (Phi) is 7.11. The van der Waals surface area contributed by atoms with Crippen LogP contribution in [-0.4, -0.2) is 25.2 Å². The molecule has 1 rings (SSSR count). The molecule has 1 unspecified atom stereocenters. The van der Waals surface area contributed by atoms with Gasteiger partial charge in [-0.15, -0.1) is 0 Å². The fourth-order valence-corrected chi connectivity index (χ4v) is 1.83. The standard InChI is InChI=1S/C15H23NO2/c1-3-18-15(17)12-13(2)16-11-7-10-14-8-5-4-6-9-14/h4-6,8-9,13,16H,3,7,10-12H2,1-2H3. The van der Waals surface area contributed by atoms with Crippen molar-refractivity contribution in [2.45, 2.75) is 39.2 Å². The zero-order valence-electron chi connectivity index (χ0n) is 11.3. The Morgan fingerprint density at radius 1 is 1.33 bits per heavy atom. The summed E-state index contributed by atoms with van der Waals surface area (Å²) in [6.45, 7) is 5.23. The molecule has 0 aliphatic heterocycles. The number of rotatable bonds is 8. The summed E-state index contributed by atoms with van der Waals surface area (Å²) in [7, 11) is 0. The first-order valence-electron chi connectivity index (χ1n) is 6.65. The summed E-state index contributed by atoms with van der Waals surface area (Å²) in [5.41, 5.74) is 1.36. The van der Waals surface area contributed by atoms with Gasteiger partial charge in [-0.2, -0.15) is 0 Å². The van der Waals surface area contributed by atoms with Gasteiger partial charge in [-0.25, -0.2) is 0 Å². The number of aryl methyl sites for hydroxylation is 1. The minimum Gasteiger partial charge on any atom is -0.466 e. The summed E-state index contributed by atoms with van der Waals surface area (Å²) in [5.74, 6) is -0.124. The molecule has 18 heavy (non-hydrogen) atoms. The van der Waals surface area contributed by atoms with Crippen molar-refractivity contribution in [3.63, 3.8) is 0 Å². The third-order valence-corrected chi connectivity index (χ3v) is 2.76. The van der Waals surface area contributed by atoms with Gasteiger partial charge < -0.3 is 10.1 Å². The van der Waals surface area contributed by atoms with Gasteiger partial charge >= 0.3 is 5.97 Å². The van der Waals surface area contributed by atoms with Gasteiger partial charge in [-0.1, -0.05) is 30.3 Å². The Morgan fingerprint density at radius 2 is 2.06 bits per heavy atom. The number of benzene rings is 1. The molecule has 0 aliphatic rings. The van der Waals surface area contributed by atoms with Gasteiger partial charge in [0.15, 0.2) is 0 Å². The van der Waals surface area contributed by atoms with E-state index in [4.69, 9.17) is 4.74 Å². The first-order chi connectivity index (χ1) is 8.72. The molecule has 0 radical (unpaired) electrons. The lowest BCUT2D eigenvalue weighted by Crippen LogP contribution is -2.30. The van der Waals surface area contributed by atoms with Crippen molar-refractivity contribution in [2.24, 2.45) is 0 Å². The zero-order valence-corrected chi connectivity index (χ0v) is 11.3. The van der Waals surface area contributed by atoms with E-state index >= 15 is 0 Å². The number of carbonyl (C=O) groups excluding carboxylic acids is 1. The van der Waals surface area contributed by atoms with Gasteiger partial charge in [-0.3, -0.25) is 4.79 Å². The van der Waals surface area contributed by atoms with Crippen LogP contribution in [0.5, 0.6) is 0 Å². The molecule has 1 atom stereocenters. The summed E-state index contributed by atoms with van der Waals surface area (Å²) >= 11 is 0.